The first-order valence-electron chi connectivity index (χ1n) is 6.47. The van der Waals surface area contributed by atoms with Crippen molar-refractivity contribution in [3.8, 4) is 0 Å². The maximum atomic E-state index is 14.2. The molecule has 0 radical (unpaired) electrons. The minimum absolute atomic E-state index is 0.0659. The molecule has 1 aromatic rings. The quantitative estimate of drug-likeness (QED) is 0.794. The summed E-state index contributed by atoms with van der Waals surface area (Å²) in [5, 5.41) is 0. The monoisotopic (exact) mass is 288 g/mol. The van der Waals surface area contributed by atoms with Crippen LogP contribution in [0.5, 0.6) is 0 Å². The maximum absolute atomic E-state index is 14.2. The Kier molecular flexibility index (Phi) is 6.84. The summed E-state index contributed by atoms with van der Waals surface area (Å²) in [6, 6.07) is 2.35. The van der Waals surface area contributed by atoms with Gasteiger partial charge in [-0.15, -0.1) is 0 Å². The van der Waals surface area contributed by atoms with Crippen LogP contribution < -0.4 is 10.6 Å². The topological polar surface area (TPSA) is 47.7 Å². The van der Waals surface area contributed by atoms with Gasteiger partial charge in [0.15, 0.2) is 0 Å². The number of benzene rings is 1. The summed E-state index contributed by atoms with van der Waals surface area (Å²) >= 11 is 0. The Morgan fingerprint density at radius 1 is 1.20 bits per heavy atom. The number of nitrogens with zero attached hydrogens (tertiary/aromatic N) is 1. The summed E-state index contributed by atoms with van der Waals surface area (Å²) < 4.78 is 38.4. The number of halogens is 2. The molecule has 20 heavy (non-hydrogen) atoms. The first kappa shape index (κ1) is 16.8. The number of ether oxygens (including phenoxy) is 2. The zero-order chi connectivity index (χ0) is 15.1. The summed E-state index contributed by atoms with van der Waals surface area (Å²) in [6.07, 6.45) is 0. The van der Waals surface area contributed by atoms with Crippen molar-refractivity contribution in [3.63, 3.8) is 0 Å². The highest BCUT2D eigenvalue weighted by molar-refractivity contribution is 5.51. The lowest BCUT2D eigenvalue weighted by Gasteiger charge is -2.31. The second-order valence-corrected chi connectivity index (χ2v) is 4.60. The highest BCUT2D eigenvalue weighted by atomic mass is 19.1. The smallest absolute Gasteiger partial charge is 0.149 e. The van der Waals surface area contributed by atoms with E-state index < -0.39 is 11.6 Å². The van der Waals surface area contributed by atoms with Crippen LogP contribution in [0.3, 0.4) is 0 Å². The van der Waals surface area contributed by atoms with E-state index in [0.717, 1.165) is 0 Å². The van der Waals surface area contributed by atoms with Crippen LogP contribution in [-0.4, -0.2) is 40.0 Å². The fraction of sp³-hybridized carbons (Fsp3) is 0.571. The Hall–Kier alpha value is -1.24. The largest absolute Gasteiger partial charge is 0.383 e. The van der Waals surface area contributed by atoms with Crippen molar-refractivity contribution in [2.24, 2.45) is 5.73 Å². The number of nitrogens with two attached hydrogens (primary N) is 1. The fourth-order valence-corrected chi connectivity index (χ4v) is 2.08. The lowest BCUT2D eigenvalue weighted by atomic mass is 10.1. The minimum atomic E-state index is -0.621. The Balaban J connectivity index is 3.12. The Morgan fingerprint density at radius 3 is 2.25 bits per heavy atom. The molecule has 1 aromatic carbocycles. The summed E-state index contributed by atoms with van der Waals surface area (Å²) in [4.78, 5) is 1.61. The second-order valence-electron chi connectivity index (χ2n) is 4.60. The molecular weight excluding hydrogens is 266 g/mol. The molecule has 0 fully saturated rings. The van der Waals surface area contributed by atoms with E-state index in [9.17, 15) is 8.78 Å². The van der Waals surface area contributed by atoms with E-state index in [1.807, 2.05) is 6.92 Å². The molecule has 0 heterocycles. The third kappa shape index (κ3) is 4.13. The molecule has 0 spiro atoms. The van der Waals surface area contributed by atoms with Gasteiger partial charge in [-0.3, -0.25) is 0 Å². The van der Waals surface area contributed by atoms with Gasteiger partial charge in [0.1, 0.15) is 17.3 Å². The van der Waals surface area contributed by atoms with E-state index in [0.29, 0.717) is 25.3 Å². The highest BCUT2D eigenvalue weighted by Crippen LogP contribution is 2.26. The standard InChI is InChI=1S/C14H22F2N2O2/c1-10(9-20-3)18(4-5-19-2)14-12(15)6-11(8-17)7-13(14)16/h6-7,10H,4-5,8-9,17H2,1-3H3. The Labute approximate surface area is 118 Å². The molecule has 0 aromatic heterocycles. The number of hydrogen-bond acceptors (Lipinski definition) is 4. The summed E-state index contributed by atoms with van der Waals surface area (Å²) in [5.74, 6) is -1.24. The normalized spacial score (nSPS) is 12.5. The average molecular weight is 288 g/mol. The van der Waals surface area contributed by atoms with Gasteiger partial charge in [0.2, 0.25) is 0 Å². The molecule has 1 unspecified atom stereocenters. The average Bonchev–Trinajstić information content (AvgIpc) is 2.41. The van der Waals surface area contributed by atoms with Gasteiger partial charge >= 0.3 is 0 Å². The van der Waals surface area contributed by atoms with Crippen LogP contribution in [0.4, 0.5) is 14.5 Å². The predicted octanol–water partition coefficient (Wildman–Crippen LogP) is 1.91. The van der Waals surface area contributed by atoms with E-state index in [-0.39, 0.29) is 18.3 Å². The maximum Gasteiger partial charge on any atom is 0.149 e. The van der Waals surface area contributed by atoms with Crippen LogP contribution in [0.1, 0.15) is 12.5 Å². The molecule has 0 bridgehead atoms. The number of anilines is 1. The Bertz CT molecular complexity index is 407. The molecule has 114 valence electrons. The van der Waals surface area contributed by atoms with Crippen molar-refractivity contribution >= 4 is 5.69 Å². The first-order valence-corrected chi connectivity index (χ1v) is 6.47. The van der Waals surface area contributed by atoms with E-state index in [1.165, 1.54) is 12.1 Å². The van der Waals surface area contributed by atoms with Crippen LogP contribution in [-0.2, 0) is 16.0 Å². The van der Waals surface area contributed by atoms with Gasteiger partial charge in [0, 0.05) is 33.4 Å². The van der Waals surface area contributed by atoms with Crippen LogP contribution >= 0.6 is 0 Å². The molecule has 1 rings (SSSR count). The molecule has 1 atom stereocenters. The van der Waals surface area contributed by atoms with Gasteiger partial charge in [-0.2, -0.15) is 0 Å². The lowest BCUT2D eigenvalue weighted by molar-refractivity contribution is 0.170. The third-order valence-corrected chi connectivity index (χ3v) is 3.08. The van der Waals surface area contributed by atoms with Crippen molar-refractivity contribution < 1.29 is 18.3 Å². The summed E-state index contributed by atoms with van der Waals surface area (Å²) in [7, 11) is 3.10. The first-order chi connectivity index (χ1) is 9.54. The zero-order valence-corrected chi connectivity index (χ0v) is 12.2. The molecule has 0 amide bonds. The molecular formula is C14H22F2N2O2. The third-order valence-electron chi connectivity index (χ3n) is 3.08. The number of hydrogen-bond donors (Lipinski definition) is 1. The SMILES string of the molecule is COCCN(c1c(F)cc(CN)cc1F)C(C)COC. The molecule has 0 saturated heterocycles. The molecule has 0 aliphatic rings. The summed E-state index contributed by atoms with van der Waals surface area (Å²) in [6.45, 7) is 3.04. The van der Waals surface area contributed by atoms with E-state index >= 15 is 0 Å². The molecule has 6 heteroatoms. The number of methoxy groups -OCH3 is 2. The minimum Gasteiger partial charge on any atom is -0.383 e. The van der Waals surface area contributed by atoms with E-state index in [4.69, 9.17) is 15.2 Å². The van der Waals surface area contributed by atoms with Crippen molar-refractivity contribution in [3.05, 3.63) is 29.3 Å². The van der Waals surface area contributed by atoms with Crippen molar-refractivity contribution in [2.45, 2.75) is 19.5 Å². The Morgan fingerprint density at radius 2 is 1.80 bits per heavy atom. The molecule has 0 aliphatic heterocycles. The predicted molar refractivity (Wildman–Crippen MR) is 74.8 cm³/mol. The number of rotatable bonds is 8. The van der Waals surface area contributed by atoms with Gasteiger partial charge < -0.3 is 20.1 Å². The van der Waals surface area contributed by atoms with Crippen molar-refractivity contribution in [1.82, 2.24) is 0 Å². The second kappa shape index (κ2) is 8.14. The van der Waals surface area contributed by atoms with Gasteiger partial charge in [-0.05, 0) is 24.6 Å². The molecule has 2 N–H and O–H groups in total. The fourth-order valence-electron chi connectivity index (χ4n) is 2.08. The summed E-state index contributed by atoms with van der Waals surface area (Å²) in [5.41, 5.74) is 5.77. The zero-order valence-electron chi connectivity index (χ0n) is 12.2. The van der Waals surface area contributed by atoms with Gasteiger partial charge in [-0.1, -0.05) is 0 Å². The van der Waals surface area contributed by atoms with Gasteiger partial charge in [0.05, 0.1) is 13.2 Å². The van der Waals surface area contributed by atoms with Crippen LogP contribution in [0.15, 0.2) is 12.1 Å². The molecule has 4 nitrogen and oxygen atoms in total. The van der Waals surface area contributed by atoms with Crippen LogP contribution in [0.2, 0.25) is 0 Å². The van der Waals surface area contributed by atoms with Crippen molar-refractivity contribution in [2.75, 3.05) is 38.9 Å². The molecule has 0 aliphatic carbocycles. The van der Waals surface area contributed by atoms with Crippen molar-refractivity contribution in [1.29, 1.82) is 0 Å². The van der Waals surface area contributed by atoms with E-state index in [1.54, 1.807) is 19.1 Å². The van der Waals surface area contributed by atoms with Crippen LogP contribution in [0, 0.1) is 11.6 Å². The van der Waals surface area contributed by atoms with Gasteiger partial charge in [0.25, 0.3) is 0 Å². The van der Waals surface area contributed by atoms with Crippen LogP contribution in [0.25, 0.3) is 0 Å². The molecule has 0 saturated carbocycles. The van der Waals surface area contributed by atoms with E-state index in [2.05, 4.69) is 0 Å². The highest BCUT2D eigenvalue weighted by Gasteiger charge is 2.22. The van der Waals surface area contributed by atoms with Gasteiger partial charge in [-0.25, -0.2) is 8.78 Å². The lowest BCUT2D eigenvalue weighted by Crippen LogP contribution is -2.39.